The van der Waals surface area contributed by atoms with Crippen LogP contribution in [-0.2, 0) is 0 Å². The molecule has 0 aromatic carbocycles. The van der Waals surface area contributed by atoms with Crippen LogP contribution >= 0.6 is 0 Å². The first-order valence-electron chi connectivity index (χ1n) is 5.12. The van der Waals surface area contributed by atoms with Crippen molar-refractivity contribution in [2.75, 3.05) is 13.1 Å². The first-order valence-corrected chi connectivity index (χ1v) is 5.12. The third-order valence-electron chi connectivity index (χ3n) is 2.32. The molecule has 4 heteroatoms. The molecule has 2 rings (SSSR count). The van der Waals surface area contributed by atoms with E-state index < -0.39 is 0 Å². The molecule has 0 amide bonds. The van der Waals surface area contributed by atoms with E-state index in [9.17, 15) is 0 Å². The summed E-state index contributed by atoms with van der Waals surface area (Å²) >= 11 is 0. The summed E-state index contributed by atoms with van der Waals surface area (Å²) in [7, 11) is 0. The van der Waals surface area contributed by atoms with Gasteiger partial charge in [-0.15, -0.1) is 0 Å². The zero-order valence-electron chi connectivity index (χ0n) is 9.12. The van der Waals surface area contributed by atoms with Gasteiger partial charge in [-0.3, -0.25) is 9.98 Å². The highest BCUT2D eigenvalue weighted by Crippen LogP contribution is 2.17. The second-order valence-electron chi connectivity index (χ2n) is 4.41. The number of nitrogens with one attached hydrogen (secondary N) is 2. The predicted octanol–water partition coefficient (Wildman–Crippen LogP) is 1.04. The molecule has 0 aromatic rings. The first kappa shape index (κ1) is 9.96. The molecule has 2 aliphatic rings. The predicted molar refractivity (Wildman–Crippen MR) is 62.9 cm³/mol. The second kappa shape index (κ2) is 3.88. The molecule has 0 unspecified atom stereocenters. The molecule has 0 atom stereocenters. The second-order valence-corrected chi connectivity index (χ2v) is 4.41. The Bertz CT molecular complexity index is 361. The van der Waals surface area contributed by atoms with Crippen LogP contribution in [0.15, 0.2) is 33.8 Å². The van der Waals surface area contributed by atoms with Crippen LogP contribution in [0, 0.1) is 5.41 Å². The van der Waals surface area contributed by atoms with Gasteiger partial charge in [0.25, 0.3) is 0 Å². The smallest absolute Gasteiger partial charge is 0.103 e. The number of aliphatic imine (C=N–C) groups is 2. The van der Waals surface area contributed by atoms with Gasteiger partial charge in [0, 0.05) is 30.6 Å². The van der Waals surface area contributed by atoms with Crippen molar-refractivity contribution in [3.8, 4) is 0 Å². The topological polar surface area (TPSA) is 48.8 Å². The lowest BCUT2D eigenvalue weighted by Gasteiger charge is -2.16. The van der Waals surface area contributed by atoms with Gasteiger partial charge in [0.2, 0.25) is 0 Å². The highest BCUT2D eigenvalue weighted by Gasteiger charge is 2.17. The fourth-order valence-electron chi connectivity index (χ4n) is 1.42. The Kier molecular flexibility index (Phi) is 2.58. The third-order valence-corrected chi connectivity index (χ3v) is 2.32. The average molecular weight is 204 g/mol. The van der Waals surface area contributed by atoms with Crippen LogP contribution in [0.25, 0.3) is 0 Å². The standard InChI is InChI=1S/C11H16N4/c1-11(2)7-13-6-10(15-8-11)9-5-12-3-4-14-9/h3,5-6,8,13-14H,4,7H2,1-2H3. The Morgan fingerprint density at radius 2 is 2.27 bits per heavy atom. The van der Waals surface area contributed by atoms with Crippen LogP contribution in [-0.4, -0.2) is 25.5 Å². The van der Waals surface area contributed by atoms with E-state index in [1.807, 2.05) is 18.6 Å². The minimum absolute atomic E-state index is 0.0940. The molecule has 0 fully saturated rings. The summed E-state index contributed by atoms with van der Waals surface area (Å²) in [6.45, 7) is 5.97. The van der Waals surface area contributed by atoms with Gasteiger partial charge in [0.1, 0.15) is 5.70 Å². The SMILES string of the molecule is CC1(C)C=NC(C2=CN=CCN2)=CNC1. The normalized spacial score (nSPS) is 23.3. The summed E-state index contributed by atoms with van der Waals surface area (Å²) < 4.78 is 0. The van der Waals surface area contributed by atoms with Gasteiger partial charge in [-0.1, -0.05) is 13.8 Å². The van der Waals surface area contributed by atoms with E-state index in [1.165, 1.54) is 0 Å². The number of hydrogen-bond donors (Lipinski definition) is 2. The molecule has 0 aromatic heterocycles. The Labute approximate surface area is 89.9 Å². The molecule has 15 heavy (non-hydrogen) atoms. The lowest BCUT2D eigenvalue weighted by molar-refractivity contribution is 0.516. The molecule has 0 saturated carbocycles. The molecule has 80 valence electrons. The maximum atomic E-state index is 4.47. The summed E-state index contributed by atoms with van der Waals surface area (Å²) in [4.78, 5) is 8.58. The summed E-state index contributed by atoms with van der Waals surface area (Å²) in [5, 5.41) is 6.50. The molecule has 2 heterocycles. The van der Waals surface area contributed by atoms with Crippen molar-refractivity contribution >= 4 is 12.4 Å². The van der Waals surface area contributed by atoms with E-state index in [0.717, 1.165) is 24.5 Å². The third kappa shape index (κ3) is 2.46. The van der Waals surface area contributed by atoms with Crippen LogP contribution in [0.2, 0.25) is 0 Å². The molecule has 0 bridgehead atoms. The van der Waals surface area contributed by atoms with Crippen molar-refractivity contribution in [3.05, 3.63) is 23.8 Å². The number of hydrogen-bond acceptors (Lipinski definition) is 4. The van der Waals surface area contributed by atoms with Crippen molar-refractivity contribution in [2.24, 2.45) is 15.4 Å². The van der Waals surface area contributed by atoms with Gasteiger partial charge in [-0.05, 0) is 0 Å². The van der Waals surface area contributed by atoms with E-state index in [1.54, 1.807) is 6.20 Å². The van der Waals surface area contributed by atoms with Crippen molar-refractivity contribution in [3.63, 3.8) is 0 Å². The van der Waals surface area contributed by atoms with Gasteiger partial charge in [-0.25, -0.2) is 0 Å². The minimum Gasteiger partial charge on any atom is -0.388 e. The quantitative estimate of drug-likeness (QED) is 0.670. The summed E-state index contributed by atoms with van der Waals surface area (Å²) in [5.41, 5.74) is 1.98. The molecule has 0 saturated heterocycles. The molecule has 2 N–H and O–H groups in total. The van der Waals surface area contributed by atoms with E-state index in [4.69, 9.17) is 0 Å². The van der Waals surface area contributed by atoms with Gasteiger partial charge >= 0.3 is 0 Å². The lowest BCUT2D eigenvalue weighted by atomic mass is 9.96. The van der Waals surface area contributed by atoms with Crippen LogP contribution in [0.5, 0.6) is 0 Å². The molecule has 0 aliphatic carbocycles. The minimum atomic E-state index is 0.0940. The van der Waals surface area contributed by atoms with Gasteiger partial charge in [0.15, 0.2) is 0 Å². The zero-order chi connectivity index (χ0) is 10.7. The largest absolute Gasteiger partial charge is 0.388 e. The summed E-state index contributed by atoms with van der Waals surface area (Å²) in [6, 6.07) is 0. The number of nitrogens with zero attached hydrogens (tertiary/aromatic N) is 2. The molecule has 2 aliphatic heterocycles. The van der Waals surface area contributed by atoms with Gasteiger partial charge < -0.3 is 10.6 Å². The van der Waals surface area contributed by atoms with Crippen LogP contribution in [0.4, 0.5) is 0 Å². The fraction of sp³-hybridized carbons (Fsp3) is 0.455. The first-order chi connectivity index (χ1) is 7.17. The van der Waals surface area contributed by atoms with Crippen molar-refractivity contribution in [2.45, 2.75) is 13.8 Å². The van der Waals surface area contributed by atoms with Crippen molar-refractivity contribution < 1.29 is 0 Å². The van der Waals surface area contributed by atoms with Crippen LogP contribution < -0.4 is 10.6 Å². The van der Waals surface area contributed by atoms with E-state index in [-0.39, 0.29) is 5.41 Å². The van der Waals surface area contributed by atoms with E-state index >= 15 is 0 Å². The summed E-state index contributed by atoms with van der Waals surface area (Å²) in [6.07, 6.45) is 7.55. The Balaban J connectivity index is 2.19. The van der Waals surface area contributed by atoms with Crippen molar-refractivity contribution in [1.29, 1.82) is 0 Å². The maximum absolute atomic E-state index is 4.47. The van der Waals surface area contributed by atoms with E-state index in [0.29, 0.717) is 0 Å². The maximum Gasteiger partial charge on any atom is 0.103 e. The lowest BCUT2D eigenvalue weighted by Crippen LogP contribution is -2.26. The van der Waals surface area contributed by atoms with Crippen LogP contribution in [0.1, 0.15) is 13.8 Å². The van der Waals surface area contributed by atoms with Crippen LogP contribution in [0.3, 0.4) is 0 Å². The molecule has 4 nitrogen and oxygen atoms in total. The summed E-state index contributed by atoms with van der Waals surface area (Å²) in [5.74, 6) is 0. The Morgan fingerprint density at radius 3 is 3.00 bits per heavy atom. The average Bonchev–Trinajstić information content (AvgIpc) is 2.41. The van der Waals surface area contributed by atoms with E-state index in [2.05, 4.69) is 34.5 Å². The highest BCUT2D eigenvalue weighted by atomic mass is 15.0. The molecule has 0 radical (unpaired) electrons. The molecular formula is C11H16N4. The van der Waals surface area contributed by atoms with Gasteiger partial charge in [-0.2, -0.15) is 0 Å². The molecular weight excluding hydrogens is 188 g/mol. The van der Waals surface area contributed by atoms with Crippen molar-refractivity contribution in [1.82, 2.24) is 10.6 Å². The highest BCUT2D eigenvalue weighted by molar-refractivity contribution is 5.69. The fourth-order valence-corrected chi connectivity index (χ4v) is 1.42. The molecule has 0 spiro atoms. The Morgan fingerprint density at radius 1 is 1.40 bits per heavy atom. The van der Waals surface area contributed by atoms with Gasteiger partial charge in [0.05, 0.1) is 18.4 Å². The monoisotopic (exact) mass is 204 g/mol. The zero-order valence-corrected chi connectivity index (χ0v) is 9.12. The Hall–Kier alpha value is -1.58. The number of rotatable bonds is 1.